The van der Waals surface area contributed by atoms with Crippen LogP contribution < -0.4 is 0 Å². The third-order valence-electron chi connectivity index (χ3n) is 4.85. The molecule has 1 atom stereocenters. The maximum atomic E-state index is 12.8. The first-order valence-electron chi connectivity index (χ1n) is 8.98. The fraction of sp³-hybridized carbons (Fsp3) is 0.238. The summed E-state index contributed by atoms with van der Waals surface area (Å²) in [5, 5.41) is 0.669. The van der Waals surface area contributed by atoms with Gasteiger partial charge in [0.05, 0.1) is 11.4 Å². The summed E-state index contributed by atoms with van der Waals surface area (Å²) in [7, 11) is 0. The highest BCUT2D eigenvalue weighted by Gasteiger charge is 2.28. The fourth-order valence-electron chi connectivity index (χ4n) is 3.57. The van der Waals surface area contributed by atoms with Crippen molar-refractivity contribution in [3.05, 3.63) is 77.5 Å². The van der Waals surface area contributed by atoms with Gasteiger partial charge in [0.25, 0.3) is 5.91 Å². The average Bonchev–Trinajstić information content (AvgIpc) is 2.74. The van der Waals surface area contributed by atoms with Crippen molar-refractivity contribution < 1.29 is 4.79 Å². The molecule has 1 amide bonds. The first-order chi connectivity index (χ1) is 13.2. The van der Waals surface area contributed by atoms with Crippen LogP contribution in [-0.2, 0) is 0 Å². The van der Waals surface area contributed by atoms with Gasteiger partial charge in [0.1, 0.15) is 0 Å². The Bertz CT molecular complexity index is 948. The summed E-state index contributed by atoms with van der Waals surface area (Å²) >= 11 is 6.16. The topological polar surface area (TPSA) is 59.0 Å². The van der Waals surface area contributed by atoms with Crippen molar-refractivity contribution in [2.45, 2.75) is 18.8 Å². The van der Waals surface area contributed by atoms with Gasteiger partial charge in [-0.1, -0.05) is 23.7 Å². The van der Waals surface area contributed by atoms with E-state index < -0.39 is 0 Å². The van der Waals surface area contributed by atoms with Gasteiger partial charge in [-0.25, -0.2) is 0 Å². The SMILES string of the molecule is O=C(c1ccncc1)N1CCC[C@H](c2nccnc2-c2cccc(Cl)c2)C1. The zero-order valence-corrected chi connectivity index (χ0v) is 15.5. The van der Waals surface area contributed by atoms with Crippen LogP contribution in [0.4, 0.5) is 0 Å². The highest BCUT2D eigenvalue weighted by atomic mass is 35.5. The number of carbonyl (C=O) groups is 1. The number of carbonyl (C=O) groups excluding carboxylic acids is 1. The van der Waals surface area contributed by atoms with Gasteiger partial charge < -0.3 is 4.90 Å². The van der Waals surface area contributed by atoms with Crippen LogP contribution in [0.3, 0.4) is 0 Å². The summed E-state index contributed by atoms with van der Waals surface area (Å²) in [5.74, 6) is 0.183. The Kier molecular flexibility index (Phi) is 5.12. The van der Waals surface area contributed by atoms with Crippen LogP contribution in [0.1, 0.15) is 34.8 Å². The number of amides is 1. The summed E-state index contributed by atoms with van der Waals surface area (Å²) in [6.07, 6.45) is 8.62. The van der Waals surface area contributed by atoms with Crippen molar-refractivity contribution >= 4 is 17.5 Å². The van der Waals surface area contributed by atoms with Gasteiger partial charge in [0.15, 0.2) is 0 Å². The van der Waals surface area contributed by atoms with E-state index in [2.05, 4.69) is 15.0 Å². The third-order valence-corrected chi connectivity index (χ3v) is 5.08. The molecule has 1 fully saturated rings. The molecule has 0 spiro atoms. The molecule has 0 N–H and O–H groups in total. The van der Waals surface area contributed by atoms with Gasteiger partial charge in [-0.05, 0) is 37.1 Å². The molecule has 5 nitrogen and oxygen atoms in total. The second kappa shape index (κ2) is 7.84. The molecule has 0 saturated carbocycles. The van der Waals surface area contributed by atoms with Crippen LogP contribution in [0.2, 0.25) is 5.02 Å². The molecule has 3 heterocycles. The molecule has 1 aromatic carbocycles. The minimum atomic E-state index is 0.0373. The lowest BCUT2D eigenvalue weighted by molar-refractivity contribution is 0.0706. The van der Waals surface area contributed by atoms with Gasteiger partial charge in [-0.3, -0.25) is 19.7 Å². The first kappa shape index (κ1) is 17.6. The smallest absolute Gasteiger partial charge is 0.253 e. The van der Waals surface area contributed by atoms with E-state index in [1.807, 2.05) is 29.2 Å². The molecule has 0 radical (unpaired) electrons. The number of benzene rings is 1. The third kappa shape index (κ3) is 3.83. The number of likely N-dealkylation sites (tertiary alicyclic amines) is 1. The number of hydrogen-bond acceptors (Lipinski definition) is 4. The second-order valence-electron chi connectivity index (χ2n) is 6.63. The van der Waals surface area contributed by atoms with Gasteiger partial charge in [-0.2, -0.15) is 0 Å². The van der Waals surface area contributed by atoms with Crippen molar-refractivity contribution in [2.75, 3.05) is 13.1 Å². The van der Waals surface area contributed by atoms with Crippen LogP contribution in [0, 0.1) is 0 Å². The summed E-state index contributed by atoms with van der Waals surface area (Å²) in [6, 6.07) is 11.2. The highest BCUT2D eigenvalue weighted by molar-refractivity contribution is 6.30. The van der Waals surface area contributed by atoms with E-state index in [1.165, 1.54) is 0 Å². The maximum Gasteiger partial charge on any atom is 0.253 e. The number of nitrogens with zero attached hydrogens (tertiary/aromatic N) is 4. The lowest BCUT2D eigenvalue weighted by atomic mass is 9.91. The Balaban J connectivity index is 1.62. The monoisotopic (exact) mass is 378 g/mol. The van der Waals surface area contributed by atoms with E-state index in [-0.39, 0.29) is 11.8 Å². The van der Waals surface area contributed by atoms with Gasteiger partial charge in [-0.15, -0.1) is 0 Å². The molecule has 136 valence electrons. The molecular weight excluding hydrogens is 360 g/mol. The average molecular weight is 379 g/mol. The molecule has 3 aromatic rings. The van der Waals surface area contributed by atoms with Crippen molar-refractivity contribution in [1.29, 1.82) is 0 Å². The zero-order chi connectivity index (χ0) is 18.6. The van der Waals surface area contributed by atoms with Crippen molar-refractivity contribution in [2.24, 2.45) is 0 Å². The van der Waals surface area contributed by atoms with Crippen molar-refractivity contribution in [3.63, 3.8) is 0 Å². The minimum Gasteiger partial charge on any atom is -0.338 e. The fourth-order valence-corrected chi connectivity index (χ4v) is 3.76. The Labute approximate surface area is 163 Å². The summed E-state index contributed by atoms with van der Waals surface area (Å²) < 4.78 is 0. The molecule has 1 aliphatic heterocycles. The summed E-state index contributed by atoms with van der Waals surface area (Å²) in [5.41, 5.74) is 3.37. The van der Waals surface area contributed by atoms with E-state index in [0.29, 0.717) is 17.1 Å². The quantitative estimate of drug-likeness (QED) is 0.685. The highest BCUT2D eigenvalue weighted by Crippen LogP contribution is 2.33. The molecule has 2 aromatic heterocycles. The molecular formula is C21H19ClN4O. The molecule has 1 saturated heterocycles. The first-order valence-corrected chi connectivity index (χ1v) is 9.36. The Morgan fingerprint density at radius 2 is 1.89 bits per heavy atom. The predicted molar refractivity (Wildman–Crippen MR) is 105 cm³/mol. The van der Waals surface area contributed by atoms with Gasteiger partial charge in [0.2, 0.25) is 0 Å². The largest absolute Gasteiger partial charge is 0.338 e. The lowest BCUT2D eigenvalue weighted by Gasteiger charge is -2.33. The number of piperidine rings is 1. The van der Waals surface area contributed by atoms with E-state index in [4.69, 9.17) is 11.6 Å². The van der Waals surface area contributed by atoms with Crippen LogP contribution >= 0.6 is 11.6 Å². The summed E-state index contributed by atoms with van der Waals surface area (Å²) in [6.45, 7) is 1.39. The normalized spacial score (nSPS) is 16.9. The van der Waals surface area contributed by atoms with Crippen molar-refractivity contribution in [1.82, 2.24) is 19.9 Å². The number of halogens is 1. The van der Waals surface area contributed by atoms with Crippen LogP contribution in [0.25, 0.3) is 11.3 Å². The minimum absolute atomic E-state index is 0.0373. The van der Waals surface area contributed by atoms with E-state index >= 15 is 0 Å². The van der Waals surface area contributed by atoms with Gasteiger partial charge >= 0.3 is 0 Å². The standard InChI is InChI=1S/C21H19ClN4O/c22-18-5-1-3-16(13-18)19-20(25-11-10-24-19)17-4-2-12-26(14-17)21(27)15-6-8-23-9-7-15/h1,3,5-11,13,17H,2,4,12,14H2/t17-/m0/s1. The molecule has 0 aliphatic carbocycles. The molecule has 6 heteroatoms. The number of rotatable bonds is 3. The molecule has 4 rings (SSSR count). The van der Waals surface area contributed by atoms with Crippen LogP contribution in [-0.4, -0.2) is 38.8 Å². The van der Waals surface area contributed by atoms with Crippen LogP contribution in [0.15, 0.2) is 61.2 Å². The van der Waals surface area contributed by atoms with Crippen molar-refractivity contribution in [3.8, 4) is 11.3 Å². The number of aromatic nitrogens is 3. The number of pyridine rings is 1. The lowest BCUT2D eigenvalue weighted by Crippen LogP contribution is -2.39. The Morgan fingerprint density at radius 1 is 1.07 bits per heavy atom. The molecule has 27 heavy (non-hydrogen) atoms. The number of hydrogen-bond donors (Lipinski definition) is 0. The zero-order valence-electron chi connectivity index (χ0n) is 14.8. The second-order valence-corrected chi connectivity index (χ2v) is 7.06. The molecule has 0 unspecified atom stereocenters. The van der Waals surface area contributed by atoms with E-state index in [1.54, 1.807) is 36.9 Å². The Hall–Kier alpha value is -2.79. The van der Waals surface area contributed by atoms with Crippen LogP contribution in [0.5, 0.6) is 0 Å². The molecule has 1 aliphatic rings. The molecule has 0 bridgehead atoms. The maximum absolute atomic E-state index is 12.8. The Morgan fingerprint density at radius 3 is 2.70 bits per heavy atom. The summed E-state index contributed by atoms with van der Waals surface area (Å²) in [4.78, 5) is 27.9. The van der Waals surface area contributed by atoms with E-state index in [0.717, 1.165) is 36.3 Å². The van der Waals surface area contributed by atoms with E-state index in [9.17, 15) is 4.79 Å². The predicted octanol–water partition coefficient (Wildman–Crippen LogP) is 4.21. The van der Waals surface area contributed by atoms with Gasteiger partial charge in [0, 0.05) is 59.9 Å².